The molecule has 34 valence electrons. The monoisotopic (exact) mass is 85.1 g/mol. The SMILES string of the molecule is CC1CC1=NO. The number of hydrogen-bond acceptors (Lipinski definition) is 2. The summed E-state index contributed by atoms with van der Waals surface area (Å²) < 4.78 is 0. The van der Waals surface area contributed by atoms with Crippen LogP contribution in [0.2, 0.25) is 0 Å². The molecule has 0 radical (unpaired) electrons. The van der Waals surface area contributed by atoms with E-state index in [0.717, 1.165) is 12.1 Å². The summed E-state index contributed by atoms with van der Waals surface area (Å²) in [5.74, 6) is 0.565. The van der Waals surface area contributed by atoms with Gasteiger partial charge in [-0.1, -0.05) is 12.1 Å². The maximum atomic E-state index is 7.96. The van der Waals surface area contributed by atoms with Gasteiger partial charge in [-0.15, -0.1) is 0 Å². The van der Waals surface area contributed by atoms with Crippen molar-refractivity contribution in [1.29, 1.82) is 0 Å². The molecule has 1 rings (SSSR count). The van der Waals surface area contributed by atoms with Gasteiger partial charge in [0.1, 0.15) is 0 Å². The van der Waals surface area contributed by atoms with Gasteiger partial charge in [-0.05, 0) is 6.42 Å². The van der Waals surface area contributed by atoms with Crippen molar-refractivity contribution < 1.29 is 5.21 Å². The highest BCUT2D eigenvalue weighted by atomic mass is 16.4. The summed E-state index contributed by atoms with van der Waals surface area (Å²) in [6.45, 7) is 2.04. The molecular formula is C4H7NO. The summed E-state index contributed by atoms with van der Waals surface area (Å²) in [5.41, 5.74) is 0.940. The van der Waals surface area contributed by atoms with Crippen molar-refractivity contribution in [2.24, 2.45) is 11.1 Å². The predicted molar refractivity (Wildman–Crippen MR) is 23.0 cm³/mol. The normalized spacial score (nSPS) is 37.5. The minimum atomic E-state index is 0.565. The van der Waals surface area contributed by atoms with Gasteiger partial charge in [-0.25, -0.2) is 0 Å². The lowest BCUT2D eigenvalue weighted by molar-refractivity contribution is 0.320. The highest BCUT2D eigenvalue weighted by Crippen LogP contribution is 2.23. The smallest absolute Gasteiger partial charge is 0.0609 e. The number of oxime groups is 1. The number of hydrogen-bond donors (Lipinski definition) is 1. The van der Waals surface area contributed by atoms with Crippen LogP contribution in [-0.4, -0.2) is 10.9 Å². The molecular weight excluding hydrogens is 78.0 g/mol. The minimum Gasteiger partial charge on any atom is -0.411 e. The van der Waals surface area contributed by atoms with Crippen LogP contribution in [0.25, 0.3) is 0 Å². The molecule has 0 aliphatic heterocycles. The van der Waals surface area contributed by atoms with Gasteiger partial charge in [0, 0.05) is 5.92 Å². The topological polar surface area (TPSA) is 32.6 Å². The van der Waals surface area contributed by atoms with E-state index in [-0.39, 0.29) is 0 Å². The number of rotatable bonds is 0. The molecule has 1 atom stereocenters. The Morgan fingerprint density at radius 1 is 2.00 bits per heavy atom. The van der Waals surface area contributed by atoms with Crippen LogP contribution in [0, 0.1) is 5.92 Å². The third-order valence-electron chi connectivity index (χ3n) is 1.05. The molecule has 0 aromatic heterocycles. The Hall–Kier alpha value is -0.530. The van der Waals surface area contributed by atoms with Crippen LogP contribution in [0.5, 0.6) is 0 Å². The van der Waals surface area contributed by atoms with Crippen LogP contribution < -0.4 is 0 Å². The van der Waals surface area contributed by atoms with Gasteiger partial charge >= 0.3 is 0 Å². The van der Waals surface area contributed by atoms with Gasteiger partial charge < -0.3 is 5.21 Å². The summed E-state index contributed by atoms with van der Waals surface area (Å²) in [7, 11) is 0. The van der Waals surface area contributed by atoms with Crippen molar-refractivity contribution in [3.8, 4) is 0 Å². The maximum Gasteiger partial charge on any atom is 0.0609 e. The average molecular weight is 85.1 g/mol. The van der Waals surface area contributed by atoms with E-state index in [1.807, 2.05) is 6.92 Å². The second kappa shape index (κ2) is 0.965. The molecule has 0 amide bonds. The molecule has 1 aliphatic rings. The summed E-state index contributed by atoms with van der Waals surface area (Å²) in [6.07, 6.45) is 0.997. The quantitative estimate of drug-likeness (QED) is 0.343. The summed E-state index contributed by atoms with van der Waals surface area (Å²) in [4.78, 5) is 0. The molecule has 0 heterocycles. The second-order valence-electron chi connectivity index (χ2n) is 1.70. The van der Waals surface area contributed by atoms with Crippen molar-refractivity contribution >= 4 is 5.71 Å². The Kier molecular flexibility index (Phi) is 0.587. The third kappa shape index (κ3) is 0.379. The second-order valence-corrected chi connectivity index (χ2v) is 1.70. The van der Waals surface area contributed by atoms with Gasteiger partial charge in [0.25, 0.3) is 0 Å². The van der Waals surface area contributed by atoms with Crippen molar-refractivity contribution in [2.75, 3.05) is 0 Å². The van der Waals surface area contributed by atoms with E-state index in [0.29, 0.717) is 5.92 Å². The van der Waals surface area contributed by atoms with E-state index in [1.165, 1.54) is 0 Å². The lowest BCUT2D eigenvalue weighted by atomic mass is 10.5. The third-order valence-corrected chi connectivity index (χ3v) is 1.05. The molecule has 6 heavy (non-hydrogen) atoms. The highest BCUT2D eigenvalue weighted by Gasteiger charge is 2.26. The van der Waals surface area contributed by atoms with Crippen LogP contribution in [-0.2, 0) is 0 Å². The molecule has 2 heteroatoms. The van der Waals surface area contributed by atoms with Crippen molar-refractivity contribution in [1.82, 2.24) is 0 Å². The van der Waals surface area contributed by atoms with Crippen LogP contribution in [0.15, 0.2) is 5.16 Å². The Morgan fingerprint density at radius 3 is 2.50 bits per heavy atom. The molecule has 1 unspecified atom stereocenters. The first-order chi connectivity index (χ1) is 2.84. The van der Waals surface area contributed by atoms with E-state index >= 15 is 0 Å². The minimum absolute atomic E-state index is 0.565. The zero-order chi connectivity index (χ0) is 4.57. The fourth-order valence-corrected chi connectivity index (χ4v) is 0.394. The Labute approximate surface area is 36.5 Å². The highest BCUT2D eigenvalue weighted by molar-refractivity contribution is 6.00. The molecule has 1 aliphatic carbocycles. The first-order valence-corrected chi connectivity index (χ1v) is 2.05. The molecule has 1 N–H and O–H groups in total. The van der Waals surface area contributed by atoms with Gasteiger partial charge in [0.05, 0.1) is 5.71 Å². The van der Waals surface area contributed by atoms with Gasteiger partial charge in [-0.3, -0.25) is 0 Å². The van der Waals surface area contributed by atoms with Gasteiger partial charge in [0.2, 0.25) is 0 Å². The Balaban J connectivity index is 2.44. The zero-order valence-corrected chi connectivity index (χ0v) is 3.68. The summed E-state index contributed by atoms with van der Waals surface area (Å²) in [5, 5.41) is 11.0. The molecule has 1 fully saturated rings. The molecule has 0 saturated heterocycles. The molecule has 0 aromatic carbocycles. The van der Waals surface area contributed by atoms with Crippen molar-refractivity contribution in [3.05, 3.63) is 0 Å². The van der Waals surface area contributed by atoms with Crippen LogP contribution in [0.4, 0.5) is 0 Å². The average Bonchev–Trinajstić information content (AvgIpc) is 2.19. The first-order valence-electron chi connectivity index (χ1n) is 2.05. The first kappa shape index (κ1) is 3.65. The summed E-state index contributed by atoms with van der Waals surface area (Å²) in [6, 6.07) is 0. The van der Waals surface area contributed by atoms with Gasteiger partial charge in [0.15, 0.2) is 0 Å². The fourth-order valence-electron chi connectivity index (χ4n) is 0.394. The lowest BCUT2D eigenvalue weighted by Crippen LogP contribution is -1.65. The molecule has 0 aromatic rings. The fraction of sp³-hybridized carbons (Fsp3) is 0.750. The van der Waals surface area contributed by atoms with E-state index in [1.54, 1.807) is 0 Å². The van der Waals surface area contributed by atoms with Crippen molar-refractivity contribution in [3.63, 3.8) is 0 Å². The Morgan fingerprint density at radius 2 is 2.50 bits per heavy atom. The van der Waals surface area contributed by atoms with Crippen LogP contribution in [0.3, 0.4) is 0 Å². The molecule has 0 spiro atoms. The molecule has 2 nitrogen and oxygen atoms in total. The lowest BCUT2D eigenvalue weighted by Gasteiger charge is -1.63. The largest absolute Gasteiger partial charge is 0.411 e. The van der Waals surface area contributed by atoms with Crippen LogP contribution in [0.1, 0.15) is 13.3 Å². The molecule has 1 saturated carbocycles. The summed E-state index contributed by atoms with van der Waals surface area (Å²) >= 11 is 0. The standard InChI is InChI=1S/C4H7NO/c1-3-2-4(3)5-6/h3,6H,2H2,1H3. The predicted octanol–water partition coefficient (Wildman–Crippen LogP) is 0.856. The maximum absolute atomic E-state index is 7.96. The van der Waals surface area contributed by atoms with E-state index in [4.69, 9.17) is 5.21 Å². The van der Waals surface area contributed by atoms with E-state index < -0.39 is 0 Å². The number of nitrogens with zero attached hydrogens (tertiary/aromatic N) is 1. The van der Waals surface area contributed by atoms with E-state index in [2.05, 4.69) is 5.16 Å². The van der Waals surface area contributed by atoms with Crippen LogP contribution >= 0.6 is 0 Å². The van der Waals surface area contributed by atoms with E-state index in [9.17, 15) is 0 Å². The van der Waals surface area contributed by atoms with Gasteiger partial charge in [-0.2, -0.15) is 0 Å². The Bertz CT molecular complexity index is 87.5. The van der Waals surface area contributed by atoms with Crippen molar-refractivity contribution in [2.45, 2.75) is 13.3 Å². The molecule has 0 bridgehead atoms. The zero-order valence-electron chi connectivity index (χ0n) is 3.68.